The molecule has 20 heavy (non-hydrogen) atoms. The Morgan fingerprint density at radius 1 is 1.25 bits per heavy atom. The number of nitrogens with zero attached hydrogens (tertiary/aromatic N) is 1. The quantitative estimate of drug-likeness (QED) is 0.796. The normalized spacial score (nSPS) is 12.6. The molecule has 4 nitrogen and oxygen atoms in total. The van der Waals surface area contributed by atoms with Crippen molar-refractivity contribution in [1.82, 2.24) is 4.98 Å². The molecule has 0 saturated carbocycles. The van der Waals surface area contributed by atoms with Gasteiger partial charge in [0.05, 0.1) is 12.8 Å². The average molecular weight is 273 g/mol. The van der Waals surface area contributed by atoms with E-state index in [1.807, 2.05) is 0 Å². The van der Waals surface area contributed by atoms with Gasteiger partial charge in [0.15, 0.2) is 6.10 Å². The van der Waals surface area contributed by atoms with Crippen molar-refractivity contribution in [2.75, 3.05) is 7.11 Å². The Labute approximate surface area is 114 Å². The minimum Gasteiger partial charge on any atom is -0.481 e. The Balaban J connectivity index is 2.00. The van der Waals surface area contributed by atoms with Crippen LogP contribution in [0.4, 0.5) is 4.39 Å². The van der Waals surface area contributed by atoms with Crippen molar-refractivity contribution in [2.45, 2.75) is 6.10 Å². The number of hydrogen-bond donors (Lipinski definition) is 1. The molecule has 0 spiro atoms. The van der Waals surface area contributed by atoms with Crippen LogP contribution in [0, 0.1) is 5.82 Å². The van der Waals surface area contributed by atoms with Crippen LogP contribution in [0.25, 0.3) is 11.0 Å². The van der Waals surface area contributed by atoms with Crippen molar-refractivity contribution in [3.63, 3.8) is 0 Å². The molecule has 2 heterocycles. The summed E-state index contributed by atoms with van der Waals surface area (Å²) in [7, 11) is 1.50. The molecule has 3 aromatic rings. The van der Waals surface area contributed by atoms with Gasteiger partial charge in [-0.05, 0) is 30.3 Å². The van der Waals surface area contributed by atoms with Gasteiger partial charge in [0, 0.05) is 11.5 Å². The number of benzene rings is 1. The molecule has 1 N–H and O–H groups in total. The number of aliphatic hydroxyl groups is 1. The standard InChI is InChI=1S/C15H12FNO3/c1-19-14-4-2-3-11(17-14)15(18)13-8-9-7-10(16)5-6-12(9)20-13/h2-8,15,18H,1H3. The van der Waals surface area contributed by atoms with Crippen LogP contribution in [0.3, 0.4) is 0 Å². The molecule has 0 fully saturated rings. The highest BCUT2D eigenvalue weighted by atomic mass is 19.1. The number of pyridine rings is 1. The van der Waals surface area contributed by atoms with E-state index in [4.69, 9.17) is 9.15 Å². The summed E-state index contributed by atoms with van der Waals surface area (Å²) >= 11 is 0. The summed E-state index contributed by atoms with van der Waals surface area (Å²) in [5, 5.41) is 10.9. The lowest BCUT2D eigenvalue weighted by molar-refractivity contribution is 0.186. The minimum atomic E-state index is -1.03. The molecule has 0 aliphatic rings. The molecule has 0 saturated heterocycles. The molecule has 0 aliphatic heterocycles. The average Bonchev–Trinajstić information content (AvgIpc) is 2.89. The van der Waals surface area contributed by atoms with Gasteiger partial charge in [-0.3, -0.25) is 0 Å². The lowest BCUT2D eigenvalue weighted by atomic mass is 10.1. The molecule has 102 valence electrons. The zero-order chi connectivity index (χ0) is 14.1. The number of fused-ring (bicyclic) bond motifs is 1. The predicted octanol–water partition coefficient (Wildman–Crippen LogP) is 3.06. The fourth-order valence-corrected chi connectivity index (χ4v) is 2.01. The van der Waals surface area contributed by atoms with Crippen LogP contribution in [0.2, 0.25) is 0 Å². The van der Waals surface area contributed by atoms with E-state index in [9.17, 15) is 9.50 Å². The molecule has 1 atom stereocenters. The molecule has 0 radical (unpaired) electrons. The maximum atomic E-state index is 13.1. The van der Waals surface area contributed by atoms with E-state index in [-0.39, 0.29) is 5.82 Å². The fraction of sp³-hybridized carbons (Fsp3) is 0.133. The van der Waals surface area contributed by atoms with E-state index in [0.717, 1.165) is 0 Å². The van der Waals surface area contributed by atoms with Crippen molar-refractivity contribution < 1.29 is 18.7 Å². The van der Waals surface area contributed by atoms with Crippen molar-refractivity contribution in [1.29, 1.82) is 0 Å². The minimum absolute atomic E-state index is 0.311. The number of aromatic nitrogens is 1. The Morgan fingerprint density at radius 3 is 2.90 bits per heavy atom. The summed E-state index contributed by atoms with van der Waals surface area (Å²) in [6, 6.07) is 10.9. The number of ether oxygens (including phenoxy) is 1. The van der Waals surface area contributed by atoms with Crippen LogP contribution < -0.4 is 4.74 Å². The van der Waals surface area contributed by atoms with Gasteiger partial charge in [-0.2, -0.15) is 0 Å². The van der Waals surface area contributed by atoms with Crippen molar-refractivity contribution in [2.24, 2.45) is 0 Å². The van der Waals surface area contributed by atoms with Crippen molar-refractivity contribution in [3.05, 3.63) is 59.7 Å². The highest BCUT2D eigenvalue weighted by Crippen LogP contribution is 2.28. The Morgan fingerprint density at radius 2 is 2.10 bits per heavy atom. The fourth-order valence-electron chi connectivity index (χ4n) is 2.01. The summed E-state index contributed by atoms with van der Waals surface area (Å²) in [6.07, 6.45) is -1.03. The smallest absolute Gasteiger partial charge is 0.213 e. The van der Waals surface area contributed by atoms with E-state index in [0.29, 0.717) is 28.3 Å². The summed E-state index contributed by atoms with van der Waals surface area (Å²) in [5.41, 5.74) is 0.923. The van der Waals surface area contributed by atoms with Crippen LogP contribution in [0.5, 0.6) is 5.88 Å². The molecule has 1 unspecified atom stereocenters. The van der Waals surface area contributed by atoms with E-state index < -0.39 is 6.10 Å². The van der Waals surface area contributed by atoms with E-state index >= 15 is 0 Å². The van der Waals surface area contributed by atoms with Gasteiger partial charge in [-0.1, -0.05) is 6.07 Å². The first kappa shape index (κ1) is 12.6. The van der Waals surface area contributed by atoms with Gasteiger partial charge in [0.1, 0.15) is 17.2 Å². The van der Waals surface area contributed by atoms with Crippen LogP contribution in [-0.2, 0) is 0 Å². The Hall–Kier alpha value is -2.40. The van der Waals surface area contributed by atoms with Crippen molar-refractivity contribution >= 4 is 11.0 Å². The lowest BCUT2D eigenvalue weighted by Crippen LogP contribution is -2.01. The third kappa shape index (κ3) is 2.23. The maximum Gasteiger partial charge on any atom is 0.213 e. The monoisotopic (exact) mass is 273 g/mol. The summed E-state index contributed by atoms with van der Waals surface area (Å²) in [6.45, 7) is 0. The number of aliphatic hydroxyl groups excluding tert-OH is 1. The summed E-state index contributed by atoms with van der Waals surface area (Å²) in [4.78, 5) is 4.15. The molecule has 0 bridgehead atoms. The van der Waals surface area contributed by atoms with Crippen LogP contribution in [0.15, 0.2) is 46.9 Å². The van der Waals surface area contributed by atoms with E-state index in [1.54, 1.807) is 24.3 Å². The maximum absolute atomic E-state index is 13.1. The molecular weight excluding hydrogens is 261 g/mol. The van der Waals surface area contributed by atoms with Gasteiger partial charge in [-0.15, -0.1) is 0 Å². The lowest BCUT2D eigenvalue weighted by Gasteiger charge is -2.08. The molecule has 0 aliphatic carbocycles. The second-order valence-electron chi connectivity index (χ2n) is 4.34. The van der Waals surface area contributed by atoms with Gasteiger partial charge in [-0.25, -0.2) is 9.37 Å². The third-order valence-corrected chi connectivity index (χ3v) is 3.00. The zero-order valence-corrected chi connectivity index (χ0v) is 10.7. The number of hydrogen-bond acceptors (Lipinski definition) is 4. The topological polar surface area (TPSA) is 55.5 Å². The van der Waals surface area contributed by atoms with Gasteiger partial charge >= 0.3 is 0 Å². The van der Waals surface area contributed by atoms with Crippen LogP contribution in [-0.4, -0.2) is 17.2 Å². The largest absolute Gasteiger partial charge is 0.481 e. The highest BCUT2D eigenvalue weighted by Gasteiger charge is 2.17. The number of halogens is 1. The predicted molar refractivity (Wildman–Crippen MR) is 71.0 cm³/mol. The molecule has 5 heteroatoms. The van der Waals surface area contributed by atoms with Crippen molar-refractivity contribution in [3.8, 4) is 5.88 Å². The SMILES string of the molecule is COc1cccc(C(O)c2cc3cc(F)ccc3o2)n1. The number of rotatable bonds is 3. The van der Waals surface area contributed by atoms with Crippen LogP contribution in [0.1, 0.15) is 17.6 Å². The van der Waals surface area contributed by atoms with Crippen LogP contribution >= 0.6 is 0 Å². The Bertz CT molecular complexity index is 754. The highest BCUT2D eigenvalue weighted by molar-refractivity contribution is 5.78. The molecule has 3 rings (SSSR count). The van der Waals surface area contributed by atoms with Gasteiger partial charge in [0.25, 0.3) is 0 Å². The summed E-state index contributed by atoms with van der Waals surface area (Å²) in [5.74, 6) is 0.369. The third-order valence-electron chi connectivity index (χ3n) is 3.00. The molecular formula is C15H12FNO3. The Kier molecular flexibility index (Phi) is 3.12. The second kappa shape index (κ2) is 4.94. The van der Waals surface area contributed by atoms with Gasteiger partial charge < -0.3 is 14.3 Å². The molecule has 2 aromatic heterocycles. The first-order chi connectivity index (χ1) is 9.67. The molecule has 0 amide bonds. The first-order valence-corrected chi connectivity index (χ1v) is 6.05. The first-order valence-electron chi connectivity index (χ1n) is 6.05. The number of furan rings is 1. The van der Waals surface area contributed by atoms with Gasteiger partial charge in [0.2, 0.25) is 5.88 Å². The second-order valence-corrected chi connectivity index (χ2v) is 4.34. The van der Waals surface area contributed by atoms with E-state index in [2.05, 4.69) is 4.98 Å². The molecule has 1 aromatic carbocycles. The summed E-state index contributed by atoms with van der Waals surface area (Å²) < 4.78 is 23.7. The zero-order valence-electron chi connectivity index (χ0n) is 10.7. The van der Waals surface area contributed by atoms with E-state index in [1.165, 1.54) is 25.3 Å². The number of methoxy groups -OCH3 is 1.